The summed E-state index contributed by atoms with van der Waals surface area (Å²) in [6.45, 7) is 0. The van der Waals surface area contributed by atoms with Crippen LogP contribution in [-0.2, 0) is 4.79 Å². The van der Waals surface area contributed by atoms with Gasteiger partial charge in [-0.25, -0.2) is 4.79 Å². The molecule has 0 aliphatic heterocycles. The first-order valence-corrected chi connectivity index (χ1v) is 7.11. The van der Waals surface area contributed by atoms with Gasteiger partial charge in [0.2, 0.25) is 0 Å². The van der Waals surface area contributed by atoms with Crippen molar-refractivity contribution in [2.75, 3.05) is 5.32 Å². The Balaban J connectivity index is 0.00000200. The molecule has 0 radical (unpaired) electrons. The van der Waals surface area contributed by atoms with Gasteiger partial charge in [0.05, 0.1) is 4.34 Å². The van der Waals surface area contributed by atoms with Gasteiger partial charge in [0.1, 0.15) is 0 Å². The number of halogens is 3. The Morgan fingerprint density at radius 1 is 1.15 bits per heavy atom. The monoisotopic (exact) mass is 359 g/mol. The van der Waals surface area contributed by atoms with Gasteiger partial charge in [0.15, 0.2) is 6.04 Å². The maximum atomic E-state index is 11.3. The number of anilines is 1. The van der Waals surface area contributed by atoms with Crippen molar-refractivity contribution in [2.45, 2.75) is 6.04 Å². The number of hydrogen-bond acceptors (Lipinski definition) is 3. The van der Waals surface area contributed by atoms with Crippen molar-refractivity contribution in [1.82, 2.24) is 0 Å². The topological polar surface area (TPSA) is 49.3 Å². The van der Waals surface area contributed by atoms with Crippen LogP contribution in [0.25, 0.3) is 0 Å². The predicted molar refractivity (Wildman–Crippen MR) is 86.9 cm³/mol. The van der Waals surface area contributed by atoms with Crippen LogP contribution >= 0.6 is 46.1 Å². The summed E-state index contributed by atoms with van der Waals surface area (Å²) in [6, 6.07) is 7.23. The van der Waals surface area contributed by atoms with Gasteiger partial charge in [-0.15, -0.1) is 11.3 Å². The molecule has 8 heteroatoms. The van der Waals surface area contributed by atoms with Crippen LogP contribution in [0.15, 0.2) is 30.3 Å². The van der Waals surface area contributed by atoms with Crippen LogP contribution < -0.4 is 5.32 Å². The van der Waals surface area contributed by atoms with E-state index in [0.29, 0.717) is 24.9 Å². The number of benzene rings is 1. The molecule has 1 unspecified atom stereocenters. The molecule has 0 saturated heterocycles. The molecular weight excluding hydrogens is 352 g/mol. The van der Waals surface area contributed by atoms with E-state index in [4.69, 9.17) is 34.8 Å². The van der Waals surface area contributed by atoms with Crippen molar-refractivity contribution in [2.24, 2.45) is 0 Å². The summed E-state index contributed by atoms with van der Waals surface area (Å²) in [7, 11) is 0. The minimum atomic E-state index is -1.00. The summed E-state index contributed by atoms with van der Waals surface area (Å²) in [5.74, 6) is -1.00. The second-order valence-electron chi connectivity index (χ2n) is 3.72. The number of nitrogens with one attached hydrogen (secondary N) is 1. The predicted octanol–water partition coefficient (Wildman–Crippen LogP) is 4.30. The van der Waals surface area contributed by atoms with Gasteiger partial charge in [-0.05, 0) is 30.3 Å². The van der Waals surface area contributed by atoms with Crippen LogP contribution in [0.4, 0.5) is 5.69 Å². The molecule has 0 bridgehead atoms. The zero-order valence-corrected chi connectivity index (χ0v) is 12.4. The third kappa shape index (κ3) is 4.81. The Morgan fingerprint density at radius 3 is 2.20 bits per heavy atom. The number of rotatable bonds is 4. The van der Waals surface area contributed by atoms with Gasteiger partial charge < -0.3 is 10.4 Å². The summed E-state index contributed by atoms with van der Waals surface area (Å²) in [4.78, 5) is 11.9. The van der Waals surface area contributed by atoms with Crippen LogP contribution in [-0.4, -0.2) is 40.6 Å². The van der Waals surface area contributed by atoms with Gasteiger partial charge in [0.25, 0.3) is 0 Å². The van der Waals surface area contributed by atoms with Crippen LogP contribution in [0.5, 0.6) is 0 Å². The first-order valence-electron chi connectivity index (χ1n) is 5.16. The third-order valence-corrected chi connectivity index (χ3v) is 4.03. The summed E-state index contributed by atoms with van der Waals surface area (Å²) in [5.41, 5.74) is 0.537. The van der Waals surface area contributed by atoms with E-state index in [0.717, 1.165) is 0 Å². The van der Waals surface area contributed by atoms with Crippen LogP contribution in [0.2, 0.25) is 14.4 Å². The van der Waals surface area contributed by atoms with Crippen LogP contribution in [0.1, 0.15) is 10.9 Å². The van der Waals surface area contributed by atoms with Gasteiger partial charge in [0, 0.05) is 20.6 Å². The van der Waals surface area contributed by atoms with E-state index in [-0.39, 0.29) is 29.6 Å². The number of carboxylic acids is 1. The molecule has 3 nitrogen and oxygen atoms in total. The molecule has 1 aromatic heterocycles. The molecule has 1 heterocycles. The summed E-state index contributed by atoms with van der Waals surface area (Å²) < 4.78 is 0.534. The normalized spacial score (nSPS) is 11.6. The van der Waals surface area contributed by atoms with Gasteiger partial charge >= 0.3 is 35.5 Å². The Kier molecular flexibility index (Phi) is 7.15. The van der Waals surface area contributed by atoms with Crippen molar-refractivity contribution < 1.29 is 9.90 Å². The van der Waals surface area contributed by atoms with Crippen molar-refractivity contribution in [3.05, 3.63) is 49.6 Å². The Labute approximate surface area is 157 Å². The van der Waals surface area contributed by atoms with Gasteiger partial charge in [-0.1, -0.05) is 34.8 Å². The average molecular weight is 361 g/mol. The molecule has 1 aromatic carbocycles. The van der Waals surface area contributed by atoms with E-state index in [9.17, 15) is 9.90 Å². The Bertz CT molecular complexity index is 600. The molecule has 0 spiro atoms. The fourth-order valence-electron chi connectivity index (χ4n) is 1.54. The number of carboxylic acid groups (broad SMARTS) is 1. The summed E-state index contributed by atoms with van der Waals surface area (Å²) in [5, 5.41) is 13.0. The second-order valence-corrected chi connectivity index (χ2v) is 6.34. The van der Waals surface area contributed by atoms with E-state index in [1.54, 1.807) is 30.3 Å². The van der Waals surface area contributed by atoms with E-state index in [1.165, 1.54) is 11.3 Å². The van der Waals surface area contributed by atoms with Crippen LogP contribution in [0.3, 0.4) is 0 Å². The van der Waals surface area contributed by atoms with Gasteiger partial charge in [-0.2, -0.15) is 0 Å². The molecule has 2 aromatic rings. The summed E-state index contributed by atoms with van der Waals surface area (Å²) >= 11 is 18.8. The van der Waals surface area contributed by atoms with Gasteiger partial charge in [-0.3, -0.25) is 0 Å². The molecule has 0 aliphatic rings. The van der Waals surface area contributed by atoms with E-state index < -0.39 is 12.0 Å². The molecule has 1 atom stereocenters. The van der Waals surface area contributed by atoms with E-state index in [1.807, 2.05) is 0 Å². The molecule has 20 heavy (non-hydrogen) atoms. The minimum absolute atomic E-state index is 0. The van der Waals surface area contributed by atoms with Crippen molar-refractivity contribution >= 4 is 87.4 Å². The number of thiophene rings is 1. The molecule has 0 aliphatic carbocycles. The molecule has 102 valence electrons. The zero-order chi connectivity index (χ0) is 14.0. The van der Waals surface area contributed by atoms with Crippen LogP contribution in [0, 0.1) is 0 Å². The molecule has 2 rings (SSSR count). The Hall–Kier alpha value is 0.0600. The standard InChI is InChI=1S/C12H8Cl3NO2S.Na.H/c13-6-3-7(14)5-8(4-6)16-11(12(17)18)9-1-2-10(15)19-9;;/h1-5,11,16H,(H,17,18);;. The van der Waals surface area contributed by atoms with Crippen molar-refractivity contribution in [3.8, 4) is 0 Å². The molecular formula is C12H9Cl3NNaO2S. The molecule has 0 amide bonds. The molecule has 0 fully saturated rings. The molecule has 2 N–H and O–H groups in total. The zero-order valence-electron chi connectivity index (χ0n) is 9.36. The van der Waals surface area contributed by atoms with Crippen molar-refractivity contribution in [3.63, 3.8) is 0 Å². The summed E-state index contributed by atoms with van der Waals surface area (Å²) in [6.07, 6.45) is 0. The first kappa shape index (κ1) is 18.1. The fraction of sp³-hybridized carbons (Fsp3) is 0.0833. The average Bonchev–Trinajstić information content (AvgIpc) is 2.70. The third-order valence-electron chi connectivity index (χ3n) is 2.30. The van der Waals surface area contributed by atoms with E-state index in [2.05, 4.69) is 5.32 Å². The Morgan fingerprint density at radius 2 is 1.75 bits per heavy atom. The number of carbonyl (C=O) groups is 1. The molecule has 0 saturated carbocycles. The van der Waals surface area contributed by atoms with Crippen molar-refractivity contribution in [1.29, 1.82) is 0 Å². The maximum absolute atomic E-state index is 11.3. The SMILES string of the molecule is O=C(O)C(Nc1cc(Cl)cc(Cl)c1)c1ccc(Cl)s1.[NaH]. The van der Waals surface area contributed by atoms with E-state index >= 15 is 0 Å². The number of aliphatic carboxylic acids is 1. The second kappa shape index (κ2) is 7.90. The first-order chi connectivity index (χ1) is 8.95. The quantitative estimate of drug-likeness (QED) is 0.799. The fourth-order valence-corrected chi connectivity index (χ4v) is 3.17. The number of hydrogen-bond donors (Lipinski definition) is 2.